The molecule has 3 N–H and O–H groups in total. The molecule has 6 heteroatoms. The number of urea groups is 1. The number of para-hydroxylation sites is 1. The third kappa shape index (κ3) is 4.82. The van der Waals surface area contributed by atoms with Gasteiger partial charge in [-0.2, -0.15) is 5.10 Å². The Bertz CT molecular complexity index is 697. The van der Waals surface area contributed by atoms with E-state index in [1.807, 2.05) is 62.7 Å². The van der Waals surface area contributed by atoms with Crippen LogP contribution < -0.4 is 10.6 Å². The van der Waals surface area contributed by atoms with Crippen molar-refractivity contribution in [3.05, 3.63) is 47.3 Å². The van der Waals surface area contributed by atoms with Crippen LogP contribution in [0, 0.1) is 19.8 Å². The lowest BCUT2D eigenvalue weighted by Gasteiger charge is -2.17. The topological polar surface area (TPSA) is 79.2 Å². The van der Waals surface area contributed by atoms with E-state index < -0.39 is 6.10 Å². The molecule has 2 aromatic rings. The number of hydrogen-bond donors (Lipinski definition) is 3. The van der Waals surface area contributed by atoms with E-state index in [1.165, 1.54) is 0 Å². The third-order valence-corrected chi connectivity index (χ3v) is 4.64. The number of amides is 2. The Morgan fingerprint density at radius 1 is 1.24 bits per heavy atom. The van der Waals surface area contributed by atoms with Gasteiger partial charge in [-0.15, -0.1) is 0 Å². The smallest absolute Gasteiger partial charge is 0.315 e. The number of aliphatic hydroxyl groups excluding tert-OH is 1. The van der Waals surface area contributed by atoms with Crippen LogP contribution in [0.2, 0.25) is 0 Å². The van der Waals surface area contributed by atoms with E-state index >= 15 is 0 Å². The quantitative estimate of drug-likeness (QED) is 0.722. The minimum Gasteiger partial charge on any atom is -0.391 e. The summed E-state index contributed by atoms with van der Waals surface area (Å²) in [5.41, 5.74) is 3.89. The molecule has 0 aliphatic heterocycles. The molecule has 0 spiro atoms. The third-order valence-electron chi connectivity index (χ3n) is 4.64. The molecule has 1 aromatic heterocycles. The van der Waals surface area contributed by atoms with Gasteiger partial charge in [-0.05, 0) is 31.9 Å². The van der Waals surface area contributed by atoms with Crippen molar-refractivity contribution >= 4 is 6.03 Å². The van der Waals surface area contributed by atoms with Crippen LogP contribution in [0.5, 0.6) is 0 Å². The lowest BCUT2D eigenvalue weighted by Crippen LogP contribution is -2.41. The Balaban J connectivity index is 1.95. The van der Waals surface area contributed by atoms with Gasteiger partial charge < -0.3 is 15.7 Å². The van der Waals surface area contributed by atoms with Crippen LogP contribution in [0.1, 0.15) is 37.2 Å². The Labute approximate surface area is 149 Å². The van der Waals surface area contributed by atoms with Crippen molar-refractivity contribution < 1.29 is 9.90 Å². The number of rotatable bonds is 7. The standard InChI is InChI=1S/C19H28N4O2/c1-5-13(2)18(24)12-21-19(25)20-11-17-14(3)22-23(15(17)4)16-9-7-6-8-10-16/h6-10,13,18,24H,5,11-12H2,1-4H3,(H2,20,21,25). The number of hydrogen-bond acceptors (Lipinski definition) is 3. The molecule has 0 saturated carbocycles. The van der Waals surface area contributed by atoms with Gasteiger partial charge in [0.1, 0.15) is 0 Å². The number of benzene rings is 1. The van der Waals surface area contributed by atoms with Gasteiger partial charge in [0.2, 0.25) is 0 Å². The monoisotopic (exact) mass is 344 g/mol. The van der Waals surface area contributed by atoms with Gasteiger partial charge in [-0.1, -0.05) is 38.5 Å². The highest BCUT2D eigenvalue weighted by Gasteiger charge is 2.15. The first-order valence-corrected chi connectivity index (χ1v) is 8.74. The van der Waals surface area contributed by atoms with Gasteiger partial charge in [0.05, 0.1) is 17.5 Å². The van der Waals surface area contributed by atoms with Crippen LogP contribution in [-0.4, -0.2) is 33.6 Å². The number of aromatic nitrogens is 2. The molecule has 6 nitrogen and oxygen atoms in total. The fourth-order valence-electron chi connectivity index (χ4n) is 2.65. The molecule has 0 fully saturated rings. The second kappa shape index (κ2) is 8.67. The zero-order chi connectivity index (χ0) is 18.4. The molecule has 2 rings (SSSR count). The molecule has 2 unspecified atom stereocenters. The Hall–Kier alpha value is -2.34. The maximum absolute atomic E-state index is 12.0. The number of aryl methyl sites for hydroxylation is 1. The Morgan fingerprint density at radius 2 is 1.92 bits per heavy atom. The van der Waals surface area contributed by atoms with Crippen LogP contribution >= 0.6 is 0 Å². The maximum Gasteiger partial charge on any atom is 0.315 e. The molecule has 0 aliphatic rings. The molecule has 0 saturated heterocycles. The number of nitrogens with zero attached hydrogens (tertiary/aromatic N) is 2. The van der Waals surface area contributed by atoms with Crippen molar-refractivity contribution in [2.45, 2.75) is 46.8 Å². The van der Waals surface area contributed by atoms with E-state index in [-0.39, 0.29) is 18.5 Å². The average Bonchev–Trinajstić information content (AvgIpc) is 2.91. The van der Waals surface area contributed by atoms with Crippen molar-refractivity contribution in [2.75, 3.05) is 6.54 Å². The first-order chi connectivity index (χ1) is 11.9. The SMILES string of the molecule is CCC(C)C(O)CNC(=O)NCc1c(C)nn(-c2ccccc2)c1C. The fraction of sp³-hybridized carbons (Fsp3) is 0.474. The zero-order valence-electron chi connectivity index (χ0n) is 15.4. The summed E-state index contributed by atoms with van der Waals surface area (Å²) in [7, 11) is 0. The molecular formula is C19H28N4O2. The van der Waals surface area contributed by atoms with Crippen molar-refractivity contribution in [2.24, 2.45) is 5.92 Å². The molecule has 25 heavy (non-hydrogen) atoms. The first kappa shape index (κ1) is 19.0. The van der Waals surface area contributed by atoms with Crippen molar-refractivity contribution in [1.82, 2.24) is 20.4 Å². The molecule has 1 aromatic carbocycles. The lowest BCUT2D eigenvalue weighted by molar-refractivity contribution is 0.114. The molecule has 1 heterocycles. The zero-order valence-corrected chi connectivity index (χ0v) is 15.4. The minimum absolute atomic E-state index is 0.161. The highest BCUT2D eigenvalue weighted by atomic mass is 16.3. The van der Waals surface area contributed by atoms with Crippen LogP contribution in [0.25, 0.3) is 5.69 Å². The normalized spacial score (nSPS) is 13.3. The second-order valence-electron chi connectivity index (χ2n) is 6.41. The number of carbonyl (C=O) groups is 1. The van der Waals surface area contributed by atoms with Crippen LogP contribution in [-0.2, 0) is 6.54 Å². The average molecular weight is 344 g/mol. The molecule has 2 amide bonds. The Kier molecular flexibility index (Phi) is 6.58. The summed E-state index contributed by atoms with van der Waals surface area (Å²) in [6.07, 6.45) is 0.349. The van der Waals surface area contributed by atoms with E-state index in [4.69, 9.17) is 0 Å². The van der Waals surface area contributed by atoms with Crippen molar-refractivity contribution in [3.8, 4) is 5.69 Å². The molecule has 136 valence electrons. The second-order valence-corrected chi connectivity index (χ2v) is 6.41. The first-order valence-electron chi connectivity index (χ1n) is 8.74. The molecule has 2 atom stereocenters. The van der Waals surface area contributed by atoms with Gasteiger partial charge in [-0.25, -0.2) is 9.48 Å². The predicted octanol–water partition coefficient (Wildman–Crippen LogP) is 2.70. The highest BCUT2D eigenvalue weighted by molar-refractivity contribution is 5.73. The molecule has 0 aliphatic carbocycles. The summed E-state index contributed by atoms with van der Waals surface area (Å²) >= 11 is 0. The van der Waals surface area contributed by atoms with Gasteiger partial charge in [0.25, 0.3) is 0 Å². The van der Waals surface area contributed by atoms with Gasteiger partial charge in [0.15, 0.2) is 0 Å². The van der Waals surface area contributed by atoms with Crippen molar-refractivity contribution in [1.29, 1.82) is 0 Å². The van der Waals surface area contributed by atoms with Gasteiger partial charge >= 0.3 is 6.03 Å². The van der Waals surface area contributed by atoms with Gasteiger partial charge in [-0.3, -0.25) is 0 Å². The molecule has 0 bridgehead atoms. The van der Waals surface area contributed by atoms with Crippen LogP contribution in [0.4, 0.5) is 4.79 Å². The Morgan fingerprint density at radius 3 is 2.56 bits per heavy atom. The van der Waals surface area contributed by atoms with Gasteiger partial charge in [0, 0.05) is 24.3 Å². The van der Waals surface area contributed by atoms with Crippen LogP contribution in [0.3, 0.4) is 0 Å². The summed E-state index contributed by atoms with van der Waals surface area (Å²) in [6, 6.07) is 9.63. The summed E-state index contributed by atoms with van der Waals surface area (Å²) in [6.45, 7) is 8.57. The largest absolute Gasteiger partial charge is 0.391 e. The molecular weight excluding hydrogens is 316 g/mol. The van der Waals surface area contributed by atoms with E-state index in [2.05, 4.69) is 15.7 Å². The fourth-order valence-corrected chi connectivity index (χ4v) is 2.65. The van der Waals surface area contributed by atoms with E-state index in [0.717, 1.165) is 29.1 Å². The number of carbonyl (C=O) groups excluding carboxylic acids is 1. The maximum atomic E-state index is 12.0. The summed E-state index contributed by atoms with van der Waals surface area (Å²) in [5, 5.41) is 20.0. The van der Waals surface area contributed by atoms with Crippen LogP contribution in [0.15, 0.2) is 30.3 Å². The van der Waals surface area contributed by atoms with E-state index in [0.29, 0.717) is 6.54 Å². The molecule has 0 radical (unpaired) electrons. The predicted molar refractivity (Wildman–Crippen MR) is 98.7 cm³/mol. The lowest BCUT2D eigenvalue weighted by atomic mass is 10.0. The summed E-state index contributed by atoms with van der Waals surface area (Å²) < 4.78 is 1.89. The van der Waals surface area contributed by atoms with Crippen molar-refractivity contribution in [3.63, 3.8) is 0 Å². The number of nitrogens with one attached hydrogen (secondary N) is 2. The van der Waals surface area contributed by atoms with E-state index in [9.17, 15) is 9.90 Å². The minimum atomic E-state index is -0.528. The number of aliphatic hydroxyl groups is 1. The van der Waals surface area contributed by atoms with E-state index in [1.54, 1.807) is 0 Å². The summed E-state index contributed by atoms with van der Waals surface area (Å²) in [5.74, 6) is 0.161. The highest BCUT2D eigenvalue weighted by Crippen LogP contribution is 2.17. The summed E-state index contributed by atoms with van der Waals surface area (Å²) in [4.78, 5) is 12.0.